The average Bonchev–Trinajstić information content (AvgIpc) is 2.82. The van der Waals surface area contributed by atoms with Crippen LogP contribution < -0.4 is 10.2 Å². The number of hydrogen-bond acceptors (Lipinski definition) is 3. The molecule has 21 heavy (non-hydrogen) atoms. The standard InChI is InChI=1S/C15H27N3O3/c1-15(2,3)18-11-12(10-13(18)19)14(20)16-4-5-17-6-8-21-9-7-17/h12H,4-11H2,1-3H3,(H,16,20)/p+1/t12-/m1/s1. The molecule has 2 saturated heterocycles. The summed E-state index contributed by atoms with van der Waals surface area (Å²) in [5.74, 6) is -0.0966. The molecular weight excluding hydrogens is 270 g/mol. The molecule has 0 aliphatic carbocycles. The van der Waals surface area contributed by atoms with E-state index in [1.54, 1.807) is 0 Å². The quantitative estimate of drug-likeness (QED) is 0.676. The van der Waals surface area contributed by atoms with Crippen molar-refractivity contribution in [3.63, 3.8) is 0 Å². The molecule has 0 spiro atoms. The molecule has 2 N–H and O–H groups in total. The molecule has 6 heteroatoms. The monoisotopic (exact) mass is 298 g/mol. The number of morpholine rings is 1. The summed E-state index contributed by atoms with van der Waals surface area (Å²) < 4.78 is 5.31. The van der Waals surface area contributed by atoms with E-state index in [4.69, 9.17) is 4.74 Å². The third kappa shape index (κ3) is 4.41. The van der Waals surface area contributed by atoms with Gasteiger partial charge in [-0.1, -0.05) is 0 Å². The second-order valence-corrected chi connectivity index (χ2v) is 6.98. The molecule has 2 amide bonds. The zero-order chi connectivity index (χ0) is 15.5. The molecule has 0 aromatic carbocycles. The number of quaternary nitrogens is 1. The lowest BCUT2D eigenvalue weighted by Gasteiger charge is -2.32. The smallest absolute Gasteiger partial charge is 0.225 e. The van der Waals surface area contributed by atoms with E-state index in [1.165, 1.54) is 4.90 Å². The summed E-state index contributed by atoms with van der Waals surface area (Å²) in [7, 11) is 0. The van der Waals surface area contributed by atoms with Gasteiger partial charge in [0.15, 0.2) is 0 Å². The van der Waals surface area contributed by atoms with Gasteiger partial charge in [0.2, 0.25) is 11.8 Å². The minimum atomic E-state index is -0.204. The van der Waals surface area contributed by atoms with Crippen LogP contribution in [-0.2, 0) is 14.3 Å². The van der Waals surface area contributed by atoms with E-state index >= 15 is 0 Å². The van der Waals surface area contributed by atoms with Crippen molar-refractivity contribution in [2.45, 2.75) is 32.7 Å². The third-order valence-electron chi connectivity index (χ3n) is 4.28. The second-order valence-electron chi connectivity index (χ2n) is 6.98. The number of nitrogens with one attached hydrogen (secondary N) is 2. The molecule has 0 bridgehead atoms. The van der Waals surface area contributed by atoms with Crippen LogP contribution in [0.3, 0.4) is 0 Å². The van der Waals surface area contributed by atoms with Crippen LogP contribution in [0.4, 0.5) is 0 Å². The first-order chi connectivity index (χ1) is 9.88. The molecule has 6 nitrogen and oxygen atoms in total. The van der Waals surface area contributed by atoms with Gasteiger partial charge in [0.1, 0.15) is 13.1 Å². The first-order valence-corrected chi connectivity index (χ1v) is 7.87. The molecule has 2 fully saturated rings. The molecule has 0 unspecified atom stereocenters. The van der Waals surface area contributed by atoms with Crippen molar-refractivity contribution in [2.75, 3.05) is 45.9 Å². The highest BCUT2D eigenvalue weighted by molar-refractivity contribution is 5.89. The highest BCUT2D eigenvalue weighted by Crippen LogP contribution is 2.25. The predicted molar refractivity (Wildman–Crippen MR) is 79.0 cm³/mol. The Bertz CT molecular complexity index is 386. The van der Waals surface area contributed by atoms with Crippen molar-refractivity contribution in [3.8, 4) is 0 Å². The fourth-order valence-corrected chi connectivity index (χ4v) is 2.95. The lowest BCUT2D eigenvalue weighted by molar-refractivity contribution is -0.906. The van der Waals surface area contributed by atoms with Crippen LogP contribution in [0.1, 0.15) is 27.2 Å². The lowest BCUT2D eigenvalue weighted by atomic mass is 10.1. The molecular formula is C15H28N3O3+. The van der Waals surface area contributed by atoms with E-state index in [2.05, 4.69) is 5.32 Å². The number of rotatable bonds is 4. The molecule has 0 radical (unpaired) electrons. The Morgan fingerprint density at radius 3 is 2.62 bits per heavy atom. The third-order valence-corrected chi connectivity index (χ3v) is 4.28. The van der Waals surface area contributed by atoms with Crippen LogP contribution in [0.2, 0.25) is 0 Å². The van der Waals surface area contributed by atoms with Crippen LogP contribution in [-0.4, -0.2) is 68.2 Å². The largest absolute Gasteiger partial charge is 0.370 e. The molecule has 2 rings (SSSR count). The number of likely N-dealkylation sites (tertiary alicyclic amines) is 1. The summed E-state index contributed by atoms with van der Waals surface area (Å²) >= 11 is 0. The van der Waals surface area contributed by atoms with Crippen LogP contribution in [0.25, 0.3) is 0 Å². The minimum absolute atomic E-state index is 0.0164. The van der Waals surface area contributed by atoms with Crippen molar-refractivity contribution in [2.24, 2.45) is 5.92 Å². The Morgan fingerprint density at radius 2 is 2.05 bits per heavy atom. The van der Waals surface area contributed by atoms with Gasteiger partial charge in [-0.25, -0.2) is 0 Å². The fourth-order valence-electron chi connectivity index (χ4n) is 2.95. The highest BCUT2D eigenvalue weighted by Gasteiger charge is 2.39. The van der Waals surface area contributed by atoms with Crippen molar-refractivity contribution >= 4 is 11.8 Å². The molecule has 0 aromatic rings. The Kier molecular flexibility index (Phi) is 5.22. The molecule has 1 atom stereocenters. The summed E-state index contributed by atoms with van der Waals surface area (Å²) in [4.78, 5) is 27.4. The summed E-state index contributed by atoms with van der Waals surface area (Å²) in [6, 6.07) is 0. The predicted octanol–water partition coefficient (Wildman–Crippen LogP) is -1.34. The number of nitrogens with zero attached hydrogens (tertiary/aromatic N) is 1. The summed E-state index contributed by atoms with van der Waals surface area (Å²) in [5, 5.41) is 2.98. The van der Waals surface area contributed by atoms with Gasteiger partial charge in [0.05, 0.1) is 32.2 Å². The van der Waals surface area contributed by atoms with E-state index in [0.29, 0.717) is 19.5 Å². The minimum Gasteiger partial charge on any atom is -0.370 e. The van der Waals surface area contributed by atoms with Crippen LogP contribution >= 0.6 is 0 Å². The Hall–Kier alpha value is -1.14. The molecule has 2 heterocycles. The summed E-state index contributed by atoms with van der Waals surface area (Å²) in [5.41, 5.74) is -0.204. The van der Waals surface area contributed by atoms with E-state index < -0.39 is 0 Å². The fraction of sp³-hybridized carbons (Fsp3) is 0.867. The van der Waals surface area contributed by atoms with Gasteiger partial charge in [0.25, 0.3) is 0 Å². The Balaban J connectivity index is 1.73. The van der Waals surface area contributed by atoms with Crippen molar-refractivity contribution < 1.29 is 19.2 Å². The number of carbonyl (C=O) groups is 2. The van der Waals surface area contributed by atoms with E-state index in [0.717, 1.165) is 32.8 Å². The van der Waals surface area contributed by atoms with Crippen LogP contribution in [0.15, 0.2) is 0 Å². The van der Waals surface area contributed by atoms with Gasteiger partial charge in [-0.05, 0) is 20.8 Å². The van der Waals surface area contributed by atoms with E-state index in [1.807, 2.05) is 25.7 Å². The zero-order valence-electron chi connectivity index (χ0n) is 13.4. The van der Waals surface area contributed by atoms with Crippen LogP contribution in [0.5, 0.6) is 0 Å². The average molecular weight is 298 g/mol. The number of hydrogen-bond donors (Lipinski definition) is 2. The van der Waals surface area contributed by atoms with Gasteiger partial charge >= 0.3 is 0 Å². The number of ether oxygens (including phenoxy) is 1. The molecule has 2 aliphatic heterocycles. The topological polar surface area (TPSA) is 63.1 Å². The summed E-state index contributed by atoms with van der Waals surface area (Å²) in [6.07, 6.45) is 0.341. The van der Waals surface area contributed by atoms with Gasteiger partial charge in [-0.2, -0.15) is 0 Å². The molecule has 120 valence electrons. The lowest BCUT2D eigenvalue weighted by Crippen LogP contribution is -3.14. The first-order valence-electron chi connectivity index (χ1n) is 7.87. The normalized spacial score (nSPS) is 24.4. The Labute approximate surface area is 126 Å². The second kappa shape index (κ2) is 6.75. The Morgan fingerprint density at radius 1 is 1.38 bits per heavy atom. The van der Waals surface area contributed by atoms with Gasteiger partial charge in [0, 0.05) is 18.5 Å². The van der Waals surface area contributed by atoms with E-state index in [9.17, 15) is 9.59 Å². The van der Waals surface area contributed by atoms with Crippen LogP contribution in [0, 0.1) is 5.92 Å². The number of carbonyl (C=O) groups excluding carboxylic acids is 2. The van der Waals surface area contributed by atoms with Gasteiger partial charge in [-0.15, -0.1) is 0 Å². The van der Waals surface area contributed by atoms with E-state index in [-0.39, 0.29) is 23.3 Å². The van der Waals surface area contributed by atoms with Crippen molar-refractivity contribution in [3.05, 3.63) is 0 Å². The molecule has 0 aromatic heterocycles. The first kappa shape index (κ1) is 16.2. The maximum absolute atomic E-state index is 12.2. The maximum atomic E-state index is 12.2. The number of amides is 2. The SMILES string of the molecule is CC(C)(C)N1C[C@H](C(=O)NCC[NH+]2CCOCC2)CC1=O. The van der Waals surface area contributed by atoms with Crippen molar-refractivity contribution in [1.82, 2.24) is 10.2 Å². The summed E-state index contributed by atoms with van der Waals surface area (Å²) in [6.45, 7) is 11.8. The zero-order valence-corrected chi connectivity index (χ0v) is 13.4. The molecule has 2 aliphatic rings. The maximum Gasteiger partial charge on any atom is 0.225 e. The molecule has 0 saturated carbocycles. The van der Waals surface area contributed by atoms with Gasteiger partial charge < -0.3 is 19.9 Å². The van der Waals surface area contributed by atoms with Gasteiger partial charge in [-0.3, -0.25) is 9.59 Å². The highest BCUT2D eigenvalue weighted by atomic mass is 16.5. The van der Waals surface area contributed by atoms with Crippen molar-refractivity contribution in [1.29, 1.82) is 0 Å².